The molecule has 0 aliphatic rings. The fourth-order valence-electron chi connectivity index (χ4n) is 2.40. The first-order valence-corrected chi connectivity index (χ1v) is 11.5. The monoisotopic (exact) mass is 363 g/mol. The van der Waals surface area contributed by atoms with Crippen LogP contribution in [-0.4, -0.2) is 79.6 Å². The van der Waals surface area contributed by atoms with E-state index in [0.29, 0.717) is 32.8 Å². The van der Waals surface area contributed by atoms with E-state index in [9.17, 15) is 4.79 Å². The number of hydrogen-bond donors (Lipinski definition) is 1. The van der Waals surface area contributed by atoms with Crippen LogP contribution < -0.4 is 5.32 Å². The Bertz CT molecular complexity index is 329. The molecule has 24 heavy (non-hydrogen) atoms. The van der Waals surface area contributed by atoms with E-state index < -0.39 is 8.56 Å². The van der Waals surface area contributed by atoms with Gasteiger partial charge in [0, 0.05) is 19.8 Å². The minimum absolute atomic E-state index is 0.128. The van der Waals surface area contributed by atoms with Gasteiger partial charge in [-0.3, -0.25) is 4.79 Å². The quantitative estimate of drug-likeness (QED) is 0.209. The molecule has 6 nitrogen and oxygen atoms in total. The second-order valence-corrected chi connectivity index (χ2v) is 10.6. The van der Waals surface area contributed by atoms with Gasteiger partial charge in [0.2, 0.25) is 0 Å². The zero-order valence-electron chi connectivity index (χ0n) is 16.7. The molecule has 0 unspecified atom stereocenters. The Balaban J connectivity index is 3.79. The summed E-state index contributed by atoms with van der Waals surface area (Å²) in [6.07, 6.45) is 1.43. The normalized spacial score (nSPS) is 12.4. The molecule has 0 amide bonds. The molecule has 0 heterocycles. The number of quaternary nitrogens is 1. The first-order chi connectivity index (χ1) is 11.3. The lowest BCUT2D eigenvalue weighted by Crippen LogP contribution is -2.42. The van der Waals surface area contributed by atoms with E-state index in [1.807, 2.05) is 13.8 Å². The molecule has 0 radical (unpaired) electrons. The van der Waals surface area contributed by atoms with E-state index in [2.05, 4.69) is 33.4 Å². The lowest BCUT2D eigenvalue weighted by molar-refractivity contribution is -0.870. The molecule has 7 heteroatoms. The van der Waals surface area contributed by atoms with Crippen LogP contribution >= 0.6 is 0 Å². The number of nitrogens with zero attached hydrogens (tertiary/aromatic N) is 1. The van der Waals surface area contributed by atoms with Crippen molar-refractivity contribution in [1.29, 1.82) is 0 Å². The smallest absolute Gasteiger partial charge is 0.337 e. The molecule has 0 aliphatic heterocycles. The Hall–Kier alpha value is -0.473. The SMILES string of the molecule is CCO[Si](CC)(CCCNCCC(=O)OCC[N+](C)(C)C)OCC. The molecule has 0 aliphatic carbocycles. The van der Waals surface area contributed by atoms with Gasteiger partial charge < -0.3 is 23.4 Å². The van der Waals surface area contributed by atoms with Gasteiger partial charge in [0.15, 0.2) is 0 Å². The van der Waals surface area contributed by atoms with Crippen molar-refractivity contribution >= 4 is 14.5 Å². The third-order valence-electron chi connectivity index (χ3n) is 3.80. The van der Waals surface area contributed by atoms with E-state index in [-0.39, 0.29) is 5.97 Å². The minimum Gasteiger partial charge on any atom is -0.460 e. The maximum absolute atomic E-state index is 11.6. The molecule has 0 spiro atoms. The topological polar surface area (TPSA) is 56.8 Å². The molecule has 0 saturated carbocycles. The predicted octanol–water partition coefficient (Wildman–Crippen LogP) is 2.14. The molecular formula is C17H39N2O4Si+. The van der Waals surface area contributed by atoms with E-state index >= 15 is 0 Å². The Labute approximate surface area is 149 Å². The summed E-state index contributed by atoms with van der Waals surface area (Å²) in [6.45, 7) is 10.5. The number of carbonyl (C=O) groups is 1. The van der Waals surface area contributed by atoms with Crippen LogP contribution in [-0.2, 0) is 18.4 Å². The Morgan fingerprint density at radius 1 is 1.04 bits per heavy atom. The number of carbonyl (C=O) groups excluding carboxylic acids is 1. The number of nitrogens with one attached hydrogen (secondary N) is 1. The van der Waals surface area contributed by atoms with E-state index in [0.717, 1.165) is 36.1 Å². The third kappa shape index (κ3) is 12.0. The van der Waals surface area contributed by atoms with Crippen molar-refractivity contribution < 1.29 is 22.9 Å². The fourth-order valence-corrected chi connectivity index (χ4v) is 5.30. The summed E-state index contributed by atoms with van der Waals surface area (Å²) in [5.74, 6) is -0.128. The molecule has 144 valence electrons. The predicted molar refractivity (Wildman–Crippen MR) is 100 cm³/mol. The van der Waals surface area contributed by atoms with Crippen LogP contribution in [0.4, 0.5) is 0 Å². The van der Waals surface area contributed by atoms with Gasteiger partial charge in [-0.2, -0.15) is 0 Å². The fraction of sp³-hybridized carbons (Fsp3) is 0.941. The molecule has 0 atom stereocenters. The average molecular weight is 364 g/mol. The first-order valence-electron chi connectivity index (χ1n) is 9.23. The highest BCUT2D eigenvalue weighted by molar-refractivity contribution is 6.67. The molecule has 0 rings (SSSR count). The van der Waals surface area contributed by atoms with Crippen molar-refractivity contribution in [3.63, 3.8) is 0 Å². The van der Waals surface area contributed by atoms with Crippen LogP contribution in [0.15, 0.2) is 0 Å². The Morgan fingerprint density at radius 3 is 2.17 bits per heavy atom. The molecule has 0 fully saturated rings. The number of likely N-dealkylation sites (N-methyl/N-ethyl adjacent to an activating group) is 1. The van der Waals surface area contributed by atoms with Crippen molar-refractivity contribution in [3.8, 4) is 0 Å². The van der Waals surface area contributed by atoms with Crippen LogP contribution in [0.2, 0.25) is 12.1 Å². The second kappa shape index (κ2) is 12.8. The number of ether oxygens (including phenoxy) is 1. The lowest BCUT2D eigenvalue weighted by atomic mass is 10.4. The van der Waals surface area contributed by atoms with E-state index in [1.165, 1.54) is 0 Å². The van der Waals surface area contributed by atoms with Crippen LogP contribution in [0.5, 0.6) is 0 Å². The highest BCUT2D eigenvalue weighted by Gasteiger charge is 2.34. The highest BCUT2D eigenvalue weighted by atomic mass is 28.4. The van der Waals surface area contributed by atoms with Gasteiger partial charge in [-0.05, 0) is 38.9 Å². The second-order valence-electron chi connectivity index (χ2n) is 6.97. The minimum atomic E-state index is -2.02. The summed E-state index contributed by atoms with van der Waals surface area (Å²) in [4.78, 5) is 11.6. The molecular weight excluding hydrogens is 324 g/mol. The van der Waals surface area contributed by atoms with Gasteiger partial charge in [0.25, 0.3) is 0 Å². The van der Waals surface area contributed by atoms with Gasteiger partial charge in [0.05, 0.1) is 27.6 Å². The summed E-state index contributed by atoms with van der Waals surface area (Å²) < 4.78 is 17.9. The third-order valence-corrected chi connectivity index (χ3v) is 7.62. The molecule has 1 N–H and O–H groups in total. The van der Waals surface area contributed by atoms with Crippen molar-refractivity contribution in [3.05, 3.63) is 0 Å². The van der Waals surface area contributed by atoms with Crippen LogP contribution in [0.1, 0.15) is 33.6 Å². The van der Waals surface area contributed by atoms with Crippen molar-refractivity contribution in [1.82, 2.24) is 5.32 Å². The van der Waals surface area contributed by atoms with Crippen molar-refractivity contribution in [2.45, 2.75) is 45.7 Å². The molecule has 0 aromatic rings. The zero-order valence-corrected chi connectivity index (χ0v) is 17.7. The van der Waals surface area contributed by atoms with Gasteiger partial charge in [-0.15, -0.1) is 0 Å². The zero-order chi connectivity index (χ0) is 18.5. The average Bonchev–Trinajstić information content (AvgIpc) is 2.49. The van der Waals surface area contributed by atoms with Gasteiger partial charge in [-0.1, -0.05) is 6.92 Å². The molecule has 0 aromatic heterocycles. The van der Waals surface area contributed by atoms with E-state index in [4.69, 9.17) is 13.6 Å². The maximum atomic E-state index is 11.6. The van der Waals surface area contributed by atoms with Gasteiger partial charge in [-0.25, -0.2) is 0 Å². The number of esters is 1. The highest BCUT2D eigenvalue weighted by Crippen LogP contribution is 2.20. The summed E-state index contributed by atoms with van der Waals surface area (Å²) >= 11 is 0. The number of hydrogen-bond acceptors (Lipinski definition) is 5. The maximum Gasteiger partial charge on any atom is 0.337 e. The van der Waals surface area contributed by atoms with Crippen molar-refractivity contribution in [2.75, 3.05) is 60.6 Å². The van der Waals surface area contributed by atoms with Crippen LogP contribution in [0.3, 0.4) is 0 Å². The summed E-state index contributed by atoms with van der Waals surface area (Å²) in [5, 5.41) is 3.31. The van der Waals surface area contributed by atoms with Crippen molar-refractivity contribution in [2.24, 2.45) is 0 Å². The Morgan fingerprint density at radius 2 is 1.67 bits per heavy atom. The summed E-state index contributed by atoms with van der Waals surface area (Å²) in [7, 11) is 4.23. The summed E-state index contributed by atoms with van der Waals surface area (Å²) in [6, 6.07) is 1.97. The standard InChI is InChI=1S/C17H39N2O4Si/c1-7-22-24(9-3,23-8-2)16-10-12-18-13-11-17(20)21-15-14-19(4,5)6/h18H,7-16H2,1-6H3/q+1. The van der Waals surface area contributed by atoms with E-state index in [1.54, 1.807) is 0 Å². The van der Waals surface area contributed by atoms with Gasteiger partial charge in [0.1, 0.15) is 13.2 Å². The van der Waals surface area contributed by atoms with Gasteiger partial charge >= 0.3 is 14.5 Å². The van der Waals surface area contributed by atoms with Crippen LogP contribution in [0.25, 0.3) is 0 Å². The Kier molecular flexibility index (Phi) is 12.6. The largest absolute Gasteiger partial charge is 0.460 e. The molecule has 0 saturated heterocycles. The summed E-state index contributed by atoms with van der Waals surface area (Å²) in [5.41, 5.74) is 0. The molecule has 0 bridgehead atoms. The lowest BCUT2D eigenvalue weighted by Gasteiger charge is -2.29. The molecule has 0 aromatic carbocycles. The first kappa shape index (κ1) is 23.5. The van der Waals surface area contributed by atoms with Crippen LogP contribution in [0, 0.1) is 0 Å². The number of rotatable bonds is 15.